The summed E-state index contributed by atoms with van der Waals surface area (Å²) < 4.78 is 4.57. The topological polar surface area (TPSA) is 68.1 Å². The number of carbonyl (C=O) groups excluding carboxylic acids is 1. The van der Waals surface area contributed by atoms with Gasteiger partial charge in [0.15, 0.2) is 0 Å². The van der Waals surface area contributed by atoms with Crippen molar-refractivity contribution in [2.24, 2.45) is 0 Å². The number of carbonyl (C=O) groups is 1. The summed E-state index contributed by atoms with van der Waals surface area (Å²) in [7, 11) is 1.34. The van der Waals surface area contributed by atoms with Gasteiger partial charge < -0.3 is 15.5 Å². The van der Waals surface area contributed by atoms with Crippen molar-refractivity contribution in [1.29, 1.82) is 0 Å². The second-order valence-electron chi connectivity index (χ2n) is 3.20. The van der Waals surface area contributed by atoms with Crippen LogP contribution in [-0.4, -0.2) is 18.1 Å². The van der Waals surface area contributed by atoms with Crippen LogP contribution in [0.3, 0.4) is 0 Å². The number of nitrogen functional groups attached to an aromatic ring is 1. The summed E-state index contributed by atoms with van der Waals surface area (Å²) in [5.41, 5.74) is 6.95. The van der Waals surface area contributed by atoms with Crippen molar-refractivity contribution in [2.45, 2.75) is 19.8 Å². The molecule has 1 heterocycles. The molecule has 0 aliphatic carbocycles. The van der Waals surface area contributed by atoms with E-state index in [1.165, 1.54) is 7.11 Å². The molecule has 0 saturated carbocycles. The van der Waals surface area contributed by atoms with E-state index in [4.69, 9.17) is 5.73 Å². The Morgan fingerprint density at radius 2 is 2.23 bits per heavy atom. The number of esters is 1. The van der Waals surface area contributed by atoms with Gasteiger partial charge in [-0.3, -0.25) is 0 Å². The van der Waals surface area contributed by atoms with Crippen LogP contribution in [0.1, 0.15) is 35.8 Å². The third-order valence-corrected chi connectivity index (χ3v) is 1.90. The van der Waals surface area contributed by atoms with Crippen molar-refractivity contribution in [3.63, 3.8) is 0 Å². The summed E-state index contributed by atoms with van der Waals surface area (Å²) in [6.07, 6.45) is 0. The minimum Gasteiger partial charge on any atom is -0.465 e. The van der Waals surface area contributed by atoms with Crippen LogP contribution in [-0.2, 0) is 4.74 Å². The molecule has 0 aliphatic rings. The van der Waals surface area contributed by atoms with E-state index in [2.05, 4.69) is 9.72 Å². The van der Waals surface area contributed by atoms with Crippen molar-refractivity contribution >= 4 is 11.8 Å². The second-order valence-corrected chi connectivity index (χ2v) is 3.20. The molecule has 4 nitrogen and oxygen atoms in total. The Morgan fingerprint density at radius 3 is 2.62 bits per heavy atom. The van der Waals surface area contributed by atoms with Crippen LogP contribution in [0.25, 0.3) is 0 Å². The number of nitrogens with two attached hydrogens (primary N) is 1. The number of methoxy groups -OCH3 is 1. The smallest absolute Gasteiger partial charge is 0.341 e. The largest absolute Gasteiger partial charge is 0.465 e. The molecule has 13 heavy (non-hydrogen) atoms. The molecule has 1 aromatic heterocycles. The van der Waals surface area contributed by atoms with Gasteiger partial charge in [-0.15, -0.1) is 0 Å². The fraction of sp³-hybridized carbons (Fsp3) is 0.444. The van der Waals surface area contributed by atoms with E-state index in [0.29, 0.717) is 17.3 Å². The Kier molecular flexibility index (Phi) is 2.60. The molecule has 1 rings (SSSR count). The summed E-state index contributed by atoms with van der Waals surface area (Å²) in [5, 5.41) is 0. The first kappa shape index (κ1) is 9.64. The highest BCUT2D eigenvalue weighted by atomic mass is 16.5. The van der Waals surface area contributed by atoms with Crippen molar-refractivity contribution in [3.05, 3.63) is 17.3 Å². The first-order chi connectivity index (χ1) is 6.06. The van der Waals surface area contributed by atoms with Crippen LogP contribution >= 0.6 is 0 Å². The first-order valence-electron chi connectivity index (χ1n) is 4.13. The lowest BCUT2D eigenvalue weighted by Gasteiger charge is -1.97. The van der Waals surface area contributed by atoms with E-state index in [-0.39, 0.29) is 0 Å². The lowest BCUT2D eigenvalue weighted by atomic mass is 10.1. The molecule has 0 spiro atoms. The van der Waals surface area contributed by atoms with Crippen molar-refractivity contribution < 1.29 is 9.53 Å². The first-order valence-corrected chi connectivity index (χ1v) is 4.13. The molecule has 0 unspecified atom stereocenters. The Bertz CT molecular complexity index is 315. The maximum atomic E-state index is 11.1. The molecule has 0 saturated heterocycles. The predicted molar refractivity (Wildman–Crippen MR) is 50.6 cm³/mol. The molecule has 0 bridgehead atoms. The summed E-state index contributed by atoms with van der Waals surface area (Å²) in [5.74, 6) is 0.289. The van der Waals surface area contributed by atoms with Crippen LogP contribution in [0.4, 0.5) is 5.82 Å². The Morgan fingerprint density at radius 1 is 1.62 bits per heavy atom. The SMILES string of the molecule is COC(=O)c1cc(C(C)C)[nH]c1N. The Balaban J connectivity index is 3.03. The van der Waals surface area contributed by atoms with Gasteiger partial charge in [0.1, 0.15) is 11.4 Å². The van der Waals surface area contributed by atoms with Gasteiger partial charge in [-0.25, -0.2) is 4.79 Å². The maximum absolute atomic E-state index is 11.1. The Hall–Kier alpha value is -1.45. The van der Waals surface area contributed by atoms with Gasteiger partial charge in [-0.05, 0) is 12.0 Å². The minimum atomic E-state index is -0.402. The molecular weight excluding hydrogens is 168 g/mol. The van der Waals surface area contributed by atoms with Gasteiger partial charge in [0, 0.05) is 5.69 Å². The summed E-state index contributed by atoms with van der Waals surface area (Å²) in [6.45, 7) is 4.04. The normalized spacial score (nSPS) is 10.5. The van der Waals surface area contributed by atoms with Gasteiger partial charge in [0.2, 0.25) is 0 Å². The minimum absolute atomic E-state index is 0.320. The zero-order valence-electron chi connectivity index (χ0n) is 8.05. The molecule has 0 aliphatic heterocycles. The summed E-state index contributed by atoms with van der Waals surface area (Å²) in [6, 6.07) is 1.73. The number of hydrogen-bond acceptors (Lipinski definition) is 3. The number of aromatic nitrogens is 1. The molecule has 0 aromatic carbocycles. The Labute approximate surface area is 77.1 Å². The number of H-pyrrole nitrogens is 1. The van der Waals surface area contributed by atoms with Crippen LogP contribution in [0.5, 0.6) is 0 Å². The molecular formula is C9H14N2O2. The van der Waals surface area contributed by atoms with Gasteiger partial charge in [-0.2, -0.15) is 0 Å². The third kappa shape index (κ3) is 1.83. The summed E-state index contributed by atoms with van der Waals surface area (Å²) >= 11 is 0. The van der Waals surface area contributed by atoms with E-state index >= 15 is 0 Å². The zero-order chi connectivity index (χ0) is 10.0. The standard InChI is InChI=1S/C9H14N2O2/c1-5(2)7-4-6(8(10)11-7)9(12)13-3/h4-5,11H,10H2,1-3H3. The van der Waals surface area contributed by atoms with E-state index in [1.807, 2.05) is 13.8 Å². The third-order valence-electron chi connectivity index (χ3n) is 1.90. The second kappa shape index (κ2) is 3.51. The van der Waals surface area contributed by atoms with E-state index in [9.17, 15) is 4.79 Å². The van der Waals surface area contributed by atoms with Crippen LogP contribution in [0.2, 0.25) is 0 Å². The highest BCUT2D eigenvalue weighted by Crippen LogP contribution is 2.20. The van der Waals surface area contributed by atoms with Crippen LogP contribution in [0.15, 0.2) is 6.07 Å². The average molecular weight is 182 g/mol. The molecule has 3 N–H and O–H groups in total. The maximum Gasteiger partial charge on any atom is 0.341 e. The molecule has 4 heteroatoms. The lowest BCUT2D eigenvalue weighted by Crippen LogP contribution is -2.02. The average Bonchev–Trinajstić information content (AvgIpc) is 2.46. The lowest BCUT2D eigenvalue weighted by molar-refractivity contribution is 0.0602. The van der Waals surface area contributed by atoms with Crippen molar-refractivity contribution in [3.8, 4) is 0 Å². The molecule has 0 amide bonds. The fourth-order valence-corrected chi connectivity index (χ4v) is 1.08. The quantitative estimate of drug-likeness (QED) is 0.681. The predicted octanol–water partition coefficient (Wildman–Crippen LogP) is 1.51. The highest BCUT2D eigenvalue weighted by molar-refractivity contribution is 5.94. The van der Waals surface area contributed by atoms with Crippen molar-refractivity contribution in [1.82, 2.24) is 4.98 Å². The molecule has 0 fully saturated rings. The van der Waals surface area contributed by atoms with E-state index in [0.717, 1.165) is 5.69 Å². The van der Waals surface area contributed by atoms with Gasteiger partial charge in [0.05, 0.1) is 7.11 Å². The van der Waals surface area contributed by atoms with Crippen molar-refractivity contribution in [2.75, 3.05) is 12.8 Å². The highest BCUT2D eigenvalue weighted by Gasteiger charge is 2.14. The number of anilines is 1. The van der Waals surface area contributed by atoms with Gasteiger partial charge >= 0.3 is 5.97 Å². The number of ether oxygens (including phenoxy) is 1. The number of nitrogens with one attached hydrogen (secondary N) is 1. The van der Waals surface area contributed by atoms with E-state index in [1.54, 1.807) is 6.07 Å². The summed E-state index contributed by atoms with van der Waals surface area (Å²) in [4.78, 5) is 14.1. The molecule has 72 valence electrons. The van der Waals surface area contributed by atoms with E-state index < -0.39 is 5.97 Å². The fourth-order valence-electron chi connectivity index (χ4n) is 1.08. The number of rotatable bonds is 2. The monoisotopic (exact) mass is 182 g/mol. The van der Waals surface area contributed by atoms with Crippen LogP contribution < -0.4 is 5.73 Å². The van der Waals surface area contributed by atoms with Crippen LogP contribution in [0, 0.1) is 0 Å². The molecule has 0 atom stereocenters. The zero-order valence-corrected chi connectivity index (χ0v) is 8.05. The molecule has 1 aromatic rings. The van der Waals surface area contributed by atoms with Gasteiger partial charge in [-0.1, -0.05) is 13.8 Å². The number of hydrogen-bond donors (Lipinski definition) is 2. The number of aromatic amines is 1. The molecule has 0 radical (unpaired) electrons. The van der Waals surface area contributed by atoms with Gasteiger partial charge in [0.25, 0.3) is 0 Å².